The molecule has 0 radical (unpaired) electrons. The van der Waals surface area contributed by atoms with Gasteiger partial charge in [-0.15, -0.1) is 6.58 Å². The number of hydrogen-bond acceptors (Lipinski definition) is 2. The van der Waals surface area contributed by atoms with Crippen molar-refractivity contribution in [3.63, 3.8) is 0 Å². The lowest BCUT2D eigenvalue weighted by atomic mass is 9.86. The minimum atomic E-state index is -0.177. The summed E-state index contributed by atoms with van der Waals surface area (Å²) in [5.74, 6) is 0. The summed E-state index contributed by atoms with van der Waals surface area (Å²) in [6.07, 6.45) is 2.54. The minimum absolute atomic E-state index is 0.177. The summed E-state index contributed by atoms with van der Waals surface area (Å²) in [5.41, 5.74) is 0.589. The molecule has 0 spiro atoms. The molecule has 0 rings (SSSR count). The molecular weight excluding hydrogens is 126 g/mol. The van der Waals surface area contributed by atoms with E-state index in [-0.39, 0.29) is 5.41 Å². The Labute approximate surface area is 62.2 Å². The van der Waals surface area contributed by atoms with E-state index < -0.39 is 0 Å². The molecule has 2 heteroatoms. The fourth-order valence-corrected chi connectivity index (χ4v) is 0.773. The van der Waals surface area contributed by atoms with Crippen molar-refractivity contribution < 1.29 is 5.21 Å². The molecule has 0 saturated carbocycles. The monoisotopic (exact) mass is 141 g/mol. The summed E-state index contributed by atoms with van der Waals surface area (Å²) >= 11 is 0. The first kappa shape index (κ1) is 9.21. The van der Waals surface area contributed by atoms with E-state index in [1.807, 2.05) is 20.8 Å². The molecule has 0 heterocycles. The molecule has 58 valence electrons. The first-order chi connectivity index (χ1) is 4.58. The molecule has 0 unspecified atom stereocenters. The first-order valence-electron chi connectivity index (χ1n) is 3.43. The smallest absolute Gasteiger partial charge is 0.0661 e. The molecule has 1 N–H and O–H groups in total. The molecular formula is C8H15NO. The second-order valence-corrected chi connectivity index (χ2v) is 2.83. The van der Waals surface area contributed by atoms with E-state index in [9.17, 15) is 0 Å². The van der Waals surface area contributed by atoms with Gasteiger partial charge in [0.15, 0.2) is 0 Å². The lowest BCUT2D eigenvalue weighted by Gasteiger charge is -2.19. The zero-order chi connectivity index (χ0) is 8.20. The molecule has 0 bridgehead atoms. The van der Waals surface area contributed by atoms with E-state index in [0.717, 1.165) is 12.1 Å². The Kier molecular flexibility index (Phi) is 3.13. The molecule has 0 amide bonds. The van der Waals surface area contributed by atoms with E-state index in [4.69, 9.17) is 5.21 Å². The normalized spacial score (nSPS) is 13.3. The molecule has 2 nitrogen and oxygen atoms in total. The quantitative estimate of drug-likeness (QED) is 0.278. The van der Waals surface area contributed by atoms with Crippen molar-refractivity contribution in [2.24, 2.45) is 10.6 Å². The van der Waals surface area contributed by atoms with E-state index in [1.165, 1.54) is 0 Å². The molecule has 0 aromatic carbocycles. The highest BCUT2D eigenvalue weighted by Crippen LogP contribution is 2.20. The third-order valence-electron chi connectivity index (χ3n) is 1.71. The zero-order valence-corrected chi connectivity index (χ0v) is 6.89. The van der Waals surface area contributed by atoms with Crippen LogP contribution in [0.4, 0.5) is 0 Å². The Bertz CT molecular complexity index is 147. The van der Waals surface area contributed by atoms with Gasteiger partial charge in [-0.1, -0.05) is 32.0 Å². The van der Waals surface area contributed by atoms with Gasteiger partial charge in [0.1, 0.15) is 0 Å². The summed E-state index contributed by atoms with van der Waals surface area (Å²) in [4.78, 5) is 0. The average Bonchev–Trinajstić information content (AvgIpc) is 1.90. The SMILES string of the molecule is C=CC(C)(C)C(CC)=NO. The van der Waals surface area contributed by atoms with E-state index in [0.29, 0.717) is 0 Å². The molecule has 0 aliphatic carbocycles. The lowest BCUT2D eigenvalue weighted by molar-refractivity contribution is 0.311. The van der Waals surface area contributed by atoms with Crippen LogP contribution in [0.1, 0.15) is 27.2 Å². The molecule has 0 saturated heterocycles. The predicted octanol–water partition coefficient (Wildman–Crippen LogP) is 2.44. The van der Waals surface area contributed by atoms with E-state index >= 15 is 0 Å². The zero-order valence-electron chi connectivity index (χ0n) is 6.89. The standard InChI is InChI=1S/C8H15NO/c1-5-7(9-10)8(3,4)6-2/h6,10H,2,5H2,1,3-4H3. The van der Waals surface area contributed by atoms with Gasteiger partial charge in [-0.25, -0.2) is 0 Å². The predicted molar refractivity (Wildman–Crippen MR) is 43.5 cm³/mol. The van der Waals surface area contributed by atoms with Gasteiger partial charge in [-0.05, 0) is 6.42 Å². The second-order valence-electron chi connectivity index (χ2n) is 2.83. The van der Waals surface area contributed by atoms with Crippen molar-refractivity contribution in [2.45, 2.75) is 27.2 Å². The van der Waals surface area contributed by atoms with E-state index in [1.54, 1.807) is 6.08 Å². The van der Waals surface area contributed by atoms with Gasteiger partial charge in [0, 0.05) is 5.41 Å². The van der Waals surface area contributed by atoms with Crippen LogP contribution in [0.2, 0.25) is 0 Å². The van der Waals surface area contributed by atoms with Crippen molar-refractivity contribution in [3.8, 4) is 0 Å². The van der Waals surface area contributed by atoms with Crippen LogP contribution in [0.15, 0.2) is 17.8 Å². The fourth-order valence-electron chi connectivity index (χ4n) is 0.773. The molecule has 0 aliphatic heterocycles. The second kappa shape index (κ2) is 3.40. The number of hydrogen-bond donors (Lipinski definition) is 1. The Morgan fingerprint density at radius 2 is 2.20 bits per heavy atom. The van der Waals surface area contributed by atoms with Gasteiger partial charge >= 0.3 is 0 Å². The van der Waals surface area contributed by atoms with Crippen LogP contribution < -0.4 is 0 Å². The summed E-state index contributed by atoms with van der Waals surface area (Å²) in [6, 6.07) is 0. The highest BCUT2D eigenvalue weighted by atomic mass is 16.4. The van der Waals surface area contributed by atoms with Gasteiger partial charge in [0.25, 0.3) is 0 Å². The van der Waals surface area contributed by atoms with Crippen LogP contribution in [0.25, 0.3) is 0 Å². The third-order valence-corrected chi connectivity index (χ3v) is 1.71. The fraction of sp³-hybridized carbons (Fsp3) is 0.625. The summed E-state index contributed by atoms with van der Waals surface area (Å²) in [6.45, 7) is 9.56. The third kappa shape index (κ3) is 1.87. The largest absolute Gasteiger partial charge is 0.411 e. The highest BCUT2D eigenvalue weighted by Gasteiger charge is 2.19. The summed E-state index contributed by atoms with van der Waals surface area (Å²) in [7, 11) is 0. The van der Waals surface area contributed by atoms with Crippen molar-refractivity contribution >= 4 is 5.71 Å². The van der Waals surface area contributed by atoms with Gasteiger partial charge in [-0.3, -0.25) is 0 Å². The van der Waals surface area contributed by atoms with Crippen molar-refractivity contribution in [2.75, 3.05) is 0 Å². The Balaban J connectivity index is 4.43. The topological polar surface area (TPSA) is 32.6 Å². The lowest BCUT2D eigenvalue weighted by Crippen LogP contribution is -2.20. The van der Waals surface area contributed by atoms with Gasteiger partial charge < -0.3 is 5.21 Å². The highest BCUT2D eigenvalue weighted by molar-refractivity contribution is 5.90. The van der Waals surface area contributed by atoms with E-state index in [2.05, 4.69) is 11.7 Å². The number of nitrogens with zero attached hydrogens (tertiary/aromatic N) is 1. The minimum Gasteiger partial charge on any atom is -0.411 e. The molecule has 0 aromatic heterocycles. The first-order valence-corrected chi connectivity index (χ1v) is 3.43. The van der Waals surface area contributed by atoms with Gasteiger partial charge in [0.2, 0.25) is 0 Å². The number of allylic oxidation sites excluding steroid dienone is 1. The molecule has 0 aromatic rings. The summed E-state index contributed by atoms with van der Waals surface area (Å²) < 4.78 is 0. The molecule has 0 aliphatic rings. The molecule has 0 atom stereocenters. The van der Waals surface area contributed by atoms with Crippen LogP contribution in [0, 0.1) is 5.41 Å². The number of rotatable bonds is 3. The maximum absolute atomic E-state index is 8.53. The maximum Gasteiger partial charge on any atom is 0.0661 e. The van der Waals surface area contributed by atoms with Crippen LogP contribution in [-0.2, 0) is 0 Å². The van der Waals surface area contributed by atoms with Crippen molar-refractivity contribution in [1.82, 2.24) is 0 Å². The average molecular weight is 141 g/mol. The molecule has 10 heavy (non-hydrogen) atoms. The van der Waals surface area contributed by atoms with Crippen LogP contribution in [-0.4, -0.2) is 10.9 Å². The molecule has 0 fully saturated rings. The number of oxime groups is 1. The Morgan fingerprint density at radius 3 is 2.30 bits per heavy atom. The Morgan fingerprint density at radius 1 is 1.70 bits per heavy atom. The summed E-state index contributed by atoms with van der Waals surface area (Å²) in [5, 5.41) is 11.7. The van der Waals surface area contributed by atoms with Crippen LogP contribution >= 0.6 is 0 Å². The van der Waals surface area contributed by atoms with Crippen LogP contribution in [0.3, 0.4) is 0 Å². The van der Waals surface area contributed by atoms with Gasteiger partial charge in [0.05, 0.1) is 5.71 Å². The maximum atomic E-state index is 8.53. The Hall–Kier alpha value is -0.790. The van der Waals surface area contributed by atoms with Gasteiger partial charge in [-0.2, -0.15) is 0 Å². The van der Waals surface area contributed by atoms with Crippen molar-refractivity contribution in [3.05, 3.63) is 12.7 Å². The van der Waals surface area contributed by atoms with Crippen LogP contribution in [0.5, 0.6) is 0 Å². The van der Waals surface area contributed by atoms with Crippen molar-refractivity contribution in [1.29, 1.82) is 0 Å².